The zero-order valence-electron chi connectivity index (χ0n) is 18.2. The smallest absolute Gasteiger partial charge is 0.243 e. The summed E-state index contributed by atoms with van der Waals surface area (Å²) in [5, 5.41) is 3.73. The van der Waals surface area contributed by atoms with E-state index in [9.17, 15) is 13.2 Å². The Morgan fingerprint density at radius 2 is 1.91 bits per heavy atom. The lowest BCUT2D eigenvalue weighted by Gasteiger charge is -2.38. The highest BCUT2D eigenvalue weighted by molar-refractivity contribution is 7.89. The molecule has 0 bridgehead atoms. The number of sulfonamides is 1. The lowest BCUT2D eigenvalue weighted by atomic mass is 9.74. The second-order valence-electron chi connectivity index (χ2n) is 8.71. The van der Waals surface area contributed by atoms with Crippen LogP contribution in [-0.2, 0) is 25.0 Å². The summed E-state index contributed by atoms with van der Waals surface area (Å²) in [4.78, 5) is 13.4. The number of hydrogen-bond acceptors (Lipinski definition) is 4. The first-order chi connectivity index (χ1) is 15.3. The lowest BCUT2D eigenvalue weighted by Crippen LogP contribution is -2.50. The van der Waals surface area contributed by atoms with Crippen LogP contribution < -0.4 is 5.32 Å². The van der Waals surface area contributed by atoms with Gasteiger partial charge < -0.3 is 10.1 Å². The standard InChI is InChI=1S/C24H29ClN2O4S/c1-18-7-9-21(10-8-18)32(29,30)27-13-3-6-22(27)23(28)26-17-24(11-14-31-15-12-24)19-4-2-5-20(25)16-19/h2,4-5,7-10,16,22H,3,6,11-15,17H2,1H3,(H,26,28)/t22-/m0/s1. The number of ether oxygens (including phenoxy) is 1. The molecule has 0 saturated carbocycles. The molecule has 172 valence electrons. The van der Waals surface area contributed by atoms with Gasteiger partial charge in [-0.1, -0.05) is 41.4 Å². The van der Waals surface area contributed by atoms with E-state index >= 15 is 0 Å². The molecule has 0 aromatic heterocycles. The number of halogens is 1. The van der Waals surface area contributed by atoms with Gasteiger partial charge in [0.25, 0.3) is 0 Å². The van der Waals surface area contributed by atoms with Crippen molar-refractivity contribution in [2.24, 2.45) is 0 Å². The summed E-state index contributed by atoms with van der Waals surface area (Å²) in [7, 11) is -3.73. The first-order valence-corrected chi connectivity index (χ1v) is 12.8. The molecule has 2 aromatic carbocycles. The molecule has 4 rings (SSSR count). The van der Waals surface area contributed by atoms with Gasteiger partial charge in [-0.15, -0.1) is 0 Å². The van der Waals surface area contributed by atoms with Crippen molar-refractivity contribution >= 4 is 27.5 Å². The number of rotatable bonds is 6. The van der Waals surface area contributed by atoms with E-state index in [2.05, 4.69) is 5.32 Å². The third-order valence-electron chi connectivity index (χ3n) is 6.62. The molecule has 0 spiro atoms. The van der Waals surface area contributed by atoms with Crippen LogP contribution in [0.25, 0.3) is 0 Å². The predicted octanol–water partition coefficient (Wildman–Crippen LogP) is 3.67. The fourth-order valence-electron chi connectivity index (χ4n) is 4.66. The van der Waals surface area contributed by atoms with Gasteiger partial charge in [-0.05, 0) is 62.4 Å². The average molecular weight is 477 g/mol. The molecule has 2 heterocycles. The van der Waals surface area contributed by atoms with E-state index in [0.29, 0.717) is 44.2 Å². The summed E-state index contributed by atoms with van der Waals surface area (Å²) >= 11 is 6.24. The van der Waals surface area contributed by atoms with Crippen LogP contribution in [0.5, 0.6) is 0 Å². The maximum atomic E-state index is 13.2. The molecule has 1 amide bonds. The number of amides is 1. The minimum atomic E-state index is -3.73. The van der Waals surface area contributed by atoms with Gasteiger partial charge in [0, 0.05) is 36.7 Å². The van der Waals surface area contributed by atoms with E-state index < -0.39 is 16.1 Å². The van der Waals surface area contributed by atoms with E-state index in [0.717, 1.165) is 24.0 Å². The summed E-state index contributed by atoms with van der Waals surface area (Å²) in [6.45, 7) is 3.90. The van der Waals surface area contributed by atoms with Crippen molar-refractivity contribution in [2.45, 2.75) is 49.0 Å². The Labute approximate surface area is 195 Å². The molecule has 1 atom stereocenters. The van der Waals surface area contributed by atoms with Gasteiger partial charge in [-0.3, -0.25) is 4.79 Å². The molecule has 0 unspecified atom stereocenters. The summed E-state index contributed by atoms with van der Waals surface area (Å²) in [6.07, 6.45) is 2.72. The molecule has 1 N–H and O–H groups in total. The Morgan fingerprint density at radius 3 is 2.59 bits per heavy atom. The SMILES string of the molecule is Cc1ccc(S(=O)(=O)N2CCC[C@H]2C(=O)NCC2(c3cccc(Cl)c3)CCOCC2)cc1. The molecule has 2 aliphatic heterocycles. The number of nitrogens with zero attached hydrogens (tertiary/aromatic N) is 1. The van der Waals surface area contributed by atoms with Gasteiger partial charge in [0.15, 0.2) is 0 Å². The van der Waals surface area contributed by atoms with E-state index in [1.807, 2.05) is 31.2 Å². The minimum absolute atomic E-state index is 0.225. The zero-order chi connectivity index (χ0) is 22.8. The van der Waals surface area contributed by atoms with Gasteiger partial charge in [0.1, 0.15) is 6.04 Å². The van der Waals surface area contributed by atoms with E-state index in [1.54, 1.807) is 24.3 Å². The Balaban J connectivity index is 1.51. The van der Waals surface area contributed by atoms with Gasteiger partial charge >= 0.3 is 0 Å². The lowest BCUT2D eigenvalue weighted by molar-refractivity contribution is -0.124. The van der Waals surface area contributed by atoms with Crippen molar-refractivity contribution in [3.8, 4) is 0 Å². The summed E-state index contributed by atoms with van der Waals surface area (Å²) in [5.74, 6) is -0.244. The van der Waals surface area contributed by atoms with E-state index in [-0.39, 0.29) is 16.2 Å². The van der Waals surface area contributed by atoms with Crippen LogP contribution in [-0.4, -0.2) is 51.0 Å². The molecule has 2 fully saturated rings. The Bertz CT molecular complexity index is 1070. The van der Waals surface area contributed by atoms with Crippen LogP contribution in [0, 0.1) is 6.92 Å². The highest BCUT2D eigenvalue weighted by atomic mass is 35.5. The van der Waals surface area contributed by atoms with Crippen molar-refractivity contribution in [3.63, 3.8) is 0 Å². The monoisotopic (exact) mass is 476 g/mol. The minimum Gasteiger partial charge on any atom is -0.381 e. The number of hydrogen-bond donors (Lipinski definition) is 1. The zero-order valence-corrected chi connectivity index (χ0v) is 19.8. The van der Waals surface area contributed by atoms with Crippen molar-refractivity contribution in [1.29, 1.82) is 0 Å². The van der Waals surface area contributed by atoms with Gasteiger partial charge in [0.05, 0.1) is 4.90 Å². The second-order valence-corrected chi connectivity index (χ2v) is 11.0. The van der Waals surface area contributed by atoms with Crippen LogP contribution in [0.1, 0.15) is 36.8 Å². The highest BCUT2D eigenvalue weighted by Gasteiger charge is 2.41. The van der Waals surface area contributed by atoms with Crippen LogP contribution >= 0.6 is 11.6 Å². The Morgan fingerprint density at radius 1 is 1.19 bits per heavy atom. The number of carbonyl (C=O) groups is 1. The Hall–Kier alpha value is -1.93. The molecule has 0 radical (unpaired) electrons. The molecular weight excluding hydrogens is 448 g/mol. The topological polar surface area (TPSA) is 75.7 Å². The molecule has 32 heavy (non-hydrogen) atoms. The largest absolute Gasteiger partial charge is 0.381 e. The maximum Gasteiger partial charge on any atom is 0.243 e. The average Bonchev–Trinajstić information content (AvgIpc) is 3.30. The maximum absolute atomic E-state index is 13.2. The fraction of sp³-hybridized carbons (Fsp3) is 0.458. The van der Waals surface area contributed by atoms with Crippen LogP contribution in [0.2, 0.25) is 5.02 Å². The van der Waals surface area contributed by atoms with Crippen molar-refractivity contribution in [1.82, 2.24) is 9.62 Å². The number of benzene rings is 2. The van der Waals surface area contributed by atoms with Gasteiger partial charge in [0.2, 0.25) is 15.9 Å². The van der Waals surface area contributed by atoms with Crippen LogP contribution in [0.3, 0.4) is 0 Å². The van der Waals surface area contributed by atoms with Gasteiger partial charge in [-0.2, -0.15) is 4.31 Å². The molecule has 8 heteroatoms. The van der Waals surface area contributed by atoms with E-state index in [4.69, 9.17) is 16.3 Å². The molecule has 0 aliphatic carbocycles. The Kier molecular flexibility index (Phi) is 6.91. The third kappa shape index (κ3) is 4.71. The quantitative estimate of drug-likeness (QED) is 0.690. The summed E-state index contributed by atoms with van der Waals surface area (Å²) in [5.41, 5.74) is 1.78. The fourth-order valence-corrected chi connectivity index (χ4v) is 6.50. The van der Waals surface area contributed by atoms with Crippen molar-refractivity contribution < 1.29 is 17.9 Å². The third-order valence-corrected chi connectivity index (χ3v) is 8.78. The van der Waals surface area contributed by atoms with Crippen molar-refractivity contribution in [2.75, 3.05) is 26.3 Å². The molecule has 2 saturated heterocycles. The van der Waals surface area contributed by atoms with Crippen molar-refractivity contribution in [3.05, 3.63) is 64.7 Å². The second kappa shape index (κ2) is 9.51. The first-order valence-electron chi connectivity index (χ1n) is 11.0. The molecule has 2 aliphatic rings. The van der Waals surface area contributed by atoms with Crippen LogP contribution in [0.15, 0.2) is 53.4 Å². The first kappa shape index (κ1) is 23.2. The van der Waals surface area contributed by atoms with Crippen LogP contribution in [0.4, 0.5) is 0 Å². The number of carbonyl (C=O) groups excluding carboxylic acids is 1. The predicted molar refractivity (Wildman–Crippen MR) is 124 cm³/mol. The normalized spacial score (nSPS) is 21.4. The summed E-state index contributed by atoms with van der Waals surface area (Å²) < 4.78 is 33.3. The molecule has 6 nitrogen and oxygen atoms in total. The number of aryl methyl sites for hydroxylation is 1. The molecular formula is C24H29ClN2O4S. The molecule has 2 aromatic rings. The summed E-state index contributed by atoms with van der Waals surface area (Å²) in [6, 6.07) is 13.8. The van der Waals surface area contributed by atoms with E-state index in [1.165, 1.54) is 4.31 Å². The number of nitrogens with one attached hydrogen (secondary N) is 1. The highest BCUT2D eigenvalue weighted by Crippen LogP contribution is 2.36. The van der Waals surface area contributed by atoms with Gasteiger partial charge in [-0.25, -0.2) is 8.42 Å².